The standard InChI is InChI=1S/C44H42Cl2N6O4/c1-24-19-30(20-25(2)39(24)46)56-18-10-13-31-32-15-16-34(45)38(36-27(4)48-49(6)28(36)5)40(32)52-26(3)22-51(43(53)41(31)52)42-37(44(54)55)33-12-7-8-14-35(33)50(42)23-29-11-9-17-47-21-29/h7-9,11-12,14-17,19-21,26H,10,13,18,22-23H2,1-6H3,(H,54,55)/t26-/m1/s1. The number of hydrogen-bond acceptors (Lipinski definition) is 5. The predicted octanol–water partition coefficient (Wildman–Crippen LogP) is 9.91. The molecule has 0 fully saturated rings. The number of carboxylic acids is 1. The van der Waals surface area contributed by atoms with Crippen molar-refractivity contribution in [2.24, 2.45) is 7.05 Å². The number of rotatable bonds is 10. The van der Waals surface area contributed by atoms with E-state index in [1.54, 1.807) is 23.4 Å². The molecule has 0 bridgehead atoms. The van der Waals surface area contributed by atoms with Crippen LogP contribution in [-0.4, -0.2) is 54.0 Å². The lowest BCUT2D eigenvalue weighted by Gasteiger charge is -2.35. The molecule has 10 nitrogen and oxygen atoms in total. The maximum atomic E-state index is 15.4. The number of aryl methyl sites for hydroxylation is 5. The number of hydrogen-bond donors (Lipinski definition) is 1. The smallest absolute Gasteiger partial charge is 0.340 e. The van der Waals surface area contributed by atoms with E-state index in [2.05, 4.69) is 16.5 Å². The van der Waals surface area contributed by atoms with Gasteiger partial charge >= 0.3 is 5.97 Å². The number of amides is 1. The lowest BCUT2D eigenvalue weighted by molar-refractivity contribution is 0.0699. The topological polar surface area (TPSA) is 107 Å². The molecular formula is C44H42Cl2N6O4. The highest BCUT2D eigenvalue weighted by Crippen LogP contribution is 2.46. The van der Waals surface area contributed by atoms with Crippen molar-refractivity contribution < 1.29 is 19.4 Å². The number of para-hydroxylation sites is 1. The van der Waals surface area contributed by atoms with E-state index in [0.717, 1.165) is 72.0 Å². The summed E-state index contributed by atoms with van der Waals surface area (Å²) in [5, 5.41) is 18.3. The predicted molar refractivity (Wildman–Crippen MR) is 222 cm³/mol. The van der Waals surface area contributed by atoms with Crippen molar-refractivity contribution in [2.45, 2.75) is 60.0 Å². The number of anilines is 1. The molecule has 7 aromatic rings. The van der Waals surface area contributed by atoms with Gasteiger partial charge in [-0.05, 0) is 100 Å². The molecule has 0 radical (unpaired) electrons. The van der Waals surface area contributed by atoms with Gasteiger partial charge in [-0.25, -0.2) is 4.79 Å². The third-order valence-corrected chi connectivity index (χ3v) is 12.0. The molecule has 3 aromatic carbocycles. The normalized spacial score (nSPS) is 14.2. The number of carbonyl (C=O) groups is 2. The van der Waals surface area contributed by atoms with Gasteiger partial charge in [-0.15, -0.1) is 0 Å². The van der Waals surface area contributed by atoms with Crippen LogP contribution in [0.2, 0.25) is 10.0 Å². The van der Waals surface area contributed by atoms with Gasteiger partial charge in [0.2, 0.25) is 0 Å². The quantitative estimate of drug-likeness (QED) is 0.138. The van der Waals surface area contributed by atoms with Crippen molar-refractivity contribution in [1.82, 2.24) is 23.9 Å². The molecule has 8 rings (SSSR count). The van der Waals surface area contributed by atoms with Crippen LogP contribution in [-0.2, 0) is 20.0 Å². The van der Waals surface area contributed by atoms with Gasteiger partial charge in [-0.2, -0.15) is 5.10 Å². The van der Waals surface area contributed by atoms with Crippen LogP contribution < -0.4 is 9.64 Å². The fourth-order valence-corrected chi connectivity index (χ4v) is 8.88. The minimum atomic E-state index is -1.10. The molecule has 1 aliphatic heterocycles. The van der Waals surface area contributed by atoms with E-state index in [1.807, 2.05) is 98.6 Å². The Morgan fingerprint density at radius 3 is 2.41 bits per heavy atom. The molecule has 1 N–H and O–H groups in total. The monoisotopic (exact) mass is 788 g/mol. The zero-order valence-electron chi connectivity index (χ0n) is 32.2. The minimum absolute atomic E-state index is 0.0865. The molecule has 1 amide bonds. The highest BCUT2D eigenvalue weighted by atomic mass is 35.5. The Morgan fingerprint density at radius 1 is 0.982 bits per heavy atom. The van der Waals surface area contributed by atoms with E-state index < -0.39 is 5.97 Å². The van der Waals surface area contributed by atoms with Gasteiger partial charge in [-0.3, -0.25) is 19.4 Å². The van der Waals surface area contributed by atoms with Crippen LogP contribution in [0.4, 0.5) is 5.82 Å². The Balaban J connectivity index is 1.31. The van der Waals surface area contributed by atoms with Crippen molar-refractivity contribution >= 4 is 62.7 Å². The molecule has 0 spiro atoms. The van der Waals surface area contributed by atoms with Crippen molar-refractivity contribution in [2.75, 3.05) is 18.1 Å². The summed E-state index contributed by atoms with van der Waals surface area (Å²) in [5.74, 6) is -0.299. The first kappa shape index (κ1) is 37.3. The number of benzene rings is 3. The fourth-order valence-electron chi connectivity index (χ4n) is 8.53. The summed E-state index contributed by atoms with van der Waals surface area (Å²) in [4.78, 5) is 34.6. The van der Waals surface area contributed by atoms with Gasteiger partial charge < -0.3 is 19.0 Å². The molecule has 5 heterocycles. The van der Waals surface area contributed by atoms with Gasteiger partial charge in [0.1, 0.15) is 22.8 Å². The molecule has 12 heteroatoms. The summed E-state index contributed by atoms with van der Waals surface area (Å²) in [6, 6.07) is 18.7. The van der Waals surface area contributed by atoms with Crippen molar-refractivity contribution in [1.29, 1.82) is 0 Å². The number of carbonyl (C=O) groups excluding carboxylic acids is 1. The summed E-state index contributed by atoms with van der Waals surface area (Å²) in [6.45, 7) is 10.9. The number of pyridine rings is 1. The van der Waals surface area contributed by atoms with Crippen LogP contribution in [0.15, 0.2) is 73.1 Å². The number of aromatic nitrogens is 5. The first-order valence-corrected chi connectivity index (χ1v) is 19.4. The second-order valence-corrected chi connectivity index (χ2v) is 15.5. The van der Waals surface area contributed by atoms with Crippen LogP contribution in [0.5, 0.6) is 5.75 Å². The van der Waals surface area contributed by atoms with Crippen LogP contribution in [0.3, 0.4) is 0 Å². The average molecular weight is 790 g/mol. The minimum Gasteiger partial charge on any atom is -0.494 e. The van der Waals surface area contributed by atoms with Crippen LogP contribution in [0.1, 0.15) is 73.9 Å². The number of halogens is 2. The zero-order chi connectivity index (χ0) is 39.6. The Bertz CT molecular complexity index is 2690. The largest absolute Gasteiger partial charge is 0.494 e. The maximum absolute atomic E-state index is 15.4. The van der Waals surface area contributed by atoms with Crippen LogP contribution in [0.25, 0.3) is 32.9 Å². The highest BCUT2D eigenvalue weighted by molar-refractivity contribution is 6.35. The third kappa shape index (κ3) is 6.12. The average Bonchev–Trinajstić information content (AvgIpc) is 3.77. The number of fused-ring (bicyclic) bond motifs is 4. The molecule has 1 aliphatic rings. The third-order valence-electron chi connectivity index (χ3n) is 11.0. The molecular weight excluding hydrogens is 747 g/mol. The fraction of sp³-hybridized carbons (Fsp3) is 0.273. The van der Waals surface area contributed by atoms with Crippen LogP contribution >= 0.6 is 23.2 Å². The molecule has 286 valence electrons. The van der Waals surface area contributed by atoms with Crippen molar-refractivity contribution in [3.05, 3.63) is 128 Å². The molecule has 0 unspecified atom stereocenters. The Hall–Kier alpha value is -5.58. The second kappa shape index (κ2) is 14.5. The molecule has 0 saturated carbocycles. The molecule has 0 saturated heterocycles. The Labute approximate surface area is 334 Å². The van der Waals surface area contributed by atoms with Gasteiger partial charge in [0, 0.05) is 64.6 Å². The van der Waals surface area contributed by atoms with E-state index in [-0.39, 0.29) is 24.1 Å². The van der Waals surface area contributed by atoms with Crippen molar-refractivity contribution in [3.63, 3.8) is 0 Å². The maximum Gasteiger partial charge on any atom is 0.340 e. The van der Waals surface area contributed by atoms with Gasteiger partial charge in [0.15, 0.2) is 0 Å². The lowest BCUT2D eigenvalue weighted by Crippen LogP contribution is -2.44. The van der Waals surface area contributed by atoms with Gasteiger partial charge in [0.25, 0.3) is 5.91 Å². The van der Waals surface area contributed by atoms with Gasteiger partial charge in [0.05, 0.1) is 34.9 Å². The van der Waals surface area contributed by atoms with E-state index in [1.165, 1.54) is 0 Å². The van der Waals surface area contributed by atoms with E-state index >= 15 is 4.79 Å². The number of aromatic carboxylic acids is 1. The van der Waals surface area contributed by atoms with E-state index in [9.17, 15) is 9.90 Å². The summed E-state index contributed by atoms with van der Waals surface area (Å²) >= 11 is 13.6. The zero-order valence-corrected chi connectivity index (χ0v) is 33.7. The molecule has 56 heavy (non-hydrogen) atoms. The second-order valence-electron chi connectivity index (χ2n) is 14.7. The van der Waals surface area contributed by atoms with Gasteiger partial charge in [-0.1, -0.05) is 53.5 Å². The molecule has 0 aliphatic carbocycles. The van der Waals surface area contributed by atoms with E-state index in [0.29, 0.717) is 47.9 Å². The number of carboxylic acid groups (broad SMARTS) is 1. The highest BCUT2D eigenvalue weighted by Gasteiger charge is 2.40. The van der Waals surface area contributed by atoms with Crippen molar-refractivity contribution in [3.8, 4) is 16.9 Å². The summed E-state index contributed by atoms with van der Waals surface area (Å²) in [5.41, 5.74) is 9.35. The Morgan fingerprint density at radius 2 is 1.73 bits per heavy atom. The SMILES string of the molecule is Cc1cc(OCCCc2c3n(c4c(-c5c(C)nn(C)c5C)c(Cl)ccc24)[C@H](C)CN(c2c(C(=O)O)c4ccccc4n2Cc2cccnc2)C3=O)cc(C)c1Cl. The molecule has 4 aromatic heterocycles. The summed E-state index contributed by atoms with van der Waals surface area (Å²) in [7, 11) is 1.91. The first-order valence-electron chi connectivity index (χ1n) is 18.7. The Kier molecular flexibility index (Phi) is 9.66. The summed E-state index contributed by atoms with van der Waals surface area (Å²) < 4.78 is 12.2. The lowest BCUT2D eigenvalue weighted by atomic mass is 9.98. The van der Waals surface area contributed by atoms with E-state index in [4.69, 9.17) is 33.0 Å². The number of nitrogens with zero attached hydrogens (tertiary/aromatic N) is 6. The first-order chi connectivity index (χ1) is 26.9. The summed E-state index contributed by atoms with van der Waals surface area (Å²) in [6.07, 6.45) is 4.60. The number of ether oxygens (including phenoxy) is 1. The molecule has 1 atom stereocenters. The van der Waals surface area contributed by atoms with Crippen LogP contribution in [0, 0.1) is 27.7 Å².